The number of amides is 1. The van der Waals surface area contributed by atoms with E-state index in [4.69, 9.17) is 9.47 Å². The number of hydrogen-bond donors (Lipinski definition) is 0. The van der Waals surface area contributed by atoms with Gasteiger partial charge in [-0.1, -0.05) is 24.3 Å². The number of ether oxygens (including phenoxy) is 2. The number of carbonyl (C=O) groups is 3. The Morgan fingerprint density at radius 1 is 1.03 bits per heavy atom. The Bertz CT molecular complexity index is 1130. The molecule has 8 nitrogen and oxygen atoms in total. The van der Waals surface area contributed by atoms with Crippen LogP contribution in [0.5, 0.6) is 0 Å². The lowest BCUT2D eigenvalue weighted by Crippen LogP contribution is -2.50. The van der Waals surface area contributed by atoms with Crippen LogP contribution < -0.4 is 0 Å². The van der Waals surface area contributed by atoms with Crippen molar-refractivity contribution in [2.45, 2.75) is 19.0 Å². The van der Waals surface area contributed by atoms with Gasteiger partial charge in [0.25, 0.3) is 5.91 Å². The molecule has 1 atom stereocenters. The van der Waals surface area contributed by atoms with E-state index in [9.17, 15) is 14.4 Å². The molecule has 0 bridgehead atoms. The van der Waals surface area contributed by atoms with Gasteiger partial charge in [0.05, 0.1) is 23.7 Å². The maximum Gasteiger partial charge on any atom is 0.338 e. The number of carbonyl (C=O) groups excluding carboxylic acids is 3. The lowest BCUT2D eigenvalue weighted by molar-refractivity contribution is -0.155. The average Bonchev–Trinajstić information content (AvgIpc) is 2.80. The zero-order valence-corrected chi connectivity index (χ0v) is 16.3. The van der Waals surface area contributed by atoms with E-state index in [-0.39, 0.29) is 12.1 Å². The summed E-state index contributed by atoms with van der Waals surface area (Å²) in [7, 11) is 1.29. The Hall–Kier alpha value is -3.81. The molecule has 0 aliphatic carbocycles. The van der Waals surface area contributed by atoms with E-state index in [0.29, 0.717) is 17.5 Å². The van der Waals surface area contributed by atoms with Gasteiger partial charge in [-0.3, -0.25) is 14.8 Å². The number of esters is 2. The number of methoxy groups -OCH3 is 1. The molecule has 8 heteroatoms. The molecule has 1 aromatic heterocycles. The summed E-state index contributed by atoms with van der Waals surface area (Å²) in [5, 5.41) is 0. The van der Waals surface area contributed by atoms with Crippen molar-refractivity contribution < 1.29 is 23.9 Å². The topological polar surface area (TPSA) is 98.7 Å². The third kappa shape index (κ3) is 3.84. The molecule has 2 aromatic carbocycles. The molecule has 0 saturated heterocycles. The van der Waals surface area contributed by atoms with E-state index in [2.05, 4.69) is 9.97 Å². The van der Waals surface area contributed by atoms with Crippen LogP contribution >= 0.6 is 0 Å². The summed E-state index contributed by atoms with van der Waals surface area (Å²) in [4.78, 5) is 47.2. The van der Waals surface area contributed by atoms with Crippen LogP contribution in [0.2, 0.25) is 0 Å². The van der Waals surface area contributed by atoms with Gasteiger partial charge in [-0.2, -0.15) is 0 Å². The molecular weight excluding hydrogens is 386 g/mol. The summed E-state index contributed by atoms with van der Waals surface area (Å²) in [6.07, 6.45) is 3.45. The van der Waals surface area contributed by atoms with Gasteiger partial charge in [-0.15, -0.1) is 0 Å². The minimum atomic E-state index is -0.757. The standard InChI is InChI=1S/C22H19N3O5/c1-29-22(28)19-11-14-4-2-3-5-16(14)12-25(19)20(26)13-30-21(27)15-6-7-17-18(10-15)24-9-8-23-17/h2-10,19H,11-13H2,1H3/t19-/m0/s1. The Labute approximate surface area is 172 Å². The minimum absolute atomic E-state index is 0.248. The van der Waals surface area contributed by atoms with Crippen molar-refractivity contribution in [2.75, 3.05) is 13.7 Å². The molecule has 152 valence electrons. The molecular formula is C22H19N3O5. The van der Waals surface area contributed by atoms with Crippen LogP contribution in [0.1, 0.15) is 21.5 Å². The van der Waals surface area contributed by atoms with Crippen molar-refractivity contribution >= 4 is 28.9 Å². The molecule has 1 aliphatic rings. The summed E-state index contributed by atoms with van der Waals surface area (Å²) in [6, 6.07) is 11.6. The van der Waals surface area contributed by atoms with Crippen LogP contribution in [0.3, 0.4) is 0 Å². The molecule has 1 aliphatic heterocycles. The summed E-state index contributed by atoms with van der Waals surface area (Å²) < 4.78 is 10.1. The predicted molar refractivity (Wildman–Crippen MR) is 106 cm³/mol. The second kappa shape index (κ2) is 8.28. The maximum absolute atomic E-state index is 12.8. The first kappa shape index (κ1) is 19.5. The SMILES string of the molecule is COC(=O)[C@@H]1Cc2ccccc2CN1C(=O)COC(=O)c1ccc2nccnc2c1. The van der Waals surface area contributed by atoms with E-state index in [1.807, 2.05) is 24.3 Å². The van der Waals surface area contributed by atoms with Crippen LogP contribution in [0, 0.1) is 0 Å². The maximum atomic E-state index is 12.8. The number of benzene rings is 2. The Morgan fingerprint density at radius 3 is 2.53 bits per heavy atom. The molecule has 0 spiro atoms. The molecule has 1 amide bonds. The highest BCUT2D eigenvalue weighted by atomic mass is 16.5. The fraction of sp³-hybridized carbons (Fsp3) is 0.227. The third-order valence-corrected chi connectivity index (χ3v) is 5.07. The molecule has 0 radical (unpaired) electrons. The third-order valence-electron chi connectivity index (χ3n) is 5.07. The molecule has 3 aromatic rings. The normalized spacial score (nSPS) is 15.4. The van der Waals surface area contributed by atoms with E-state index in [0.717, 1.165) is 11.1 Å². The highest BCUT2D eigenvalue weighted by Gasteiger charge is 2.35. The molecule has 0 fully saturated rings. The van der Waals surface area contributed by atoms with E-state index >= 15 is 0 Å². The minimum Gasteiger partial charge on any atom is -0.467 e. The molecule has 0 N–H and O–H groups in total. The largest absolute Gasteiger partial charge is 0.467 e. The first-order valence-electron chi connectivity index (χ1n) is 9.39. The van der Waals surface area contributed by atoms with Gasteiger partial charge in [0.15, 0.2) is 6.61 Å². The zero-order valence-electron chi connectivity index (χ0n) is 16.3. The van der Waals surface area contributed by atoms with Crippen LogP contribution in [0.25, 0.3) is 11.0 Å². The number of nitrogens with zero attached hydrogens (tertiary/aromatic N) is 3. The Morgan fingerprint density at radius 2 is 1.77 bits per heavy atom. The lowest BCUT2D eigenvalue weighted by atomic mass is 9.94. The van der Waals surface area contributed by atoms with Crippen LogP contribution in [-0.2, 0) is 32.0 Å². The quantitative estimate of drug-likeness (QED) is 0.612. The van der Waals surface area contributed by atoms with Gasteiger partial charge in [-0.25, -0.2) is 9.59 Å². The Balaban J connectivity index is 1.47. The summed E-state index contributed by atoms with van der Waals surface area (Å²) in [5.74, 6) is -1.62. The number of rotatable bonds is 4. The Kier molecular flexibility index (Phi) is 5.38. The second-order valence-electron chi connectivity index (χ2n) is 6.87. The van der Waals surface area contributed by atoms with Crippen molar-refractivity contribution in [2.24, 2.45) is 0 Å². The fourth-order valence-electron chi connectivity index (χ4n) is 3.52. The first-order valence-corrected chi connectivity index (χ1v) is 9.39. The van der Waals surface area contributed by atoms with Gasteiger partial charge >= 0.3 is 11.9 Å². The van der Waals surface area contributed by atoms with Crippen molar-refractivity contribution in [3.63, 3.8) is 0 Å². The highest BCUT2D eigenvalue weighted by molar-refractivity contribution is 5.95. The van der Waals surface area contributed by atoms with Gasteiger partial charge in [0, 0.05) is 25.4 Å². The average molecular weight is 405 g/mol. The summed E-state index contributed by atoms with van der Waals surface area (Å²) in [5.41, 5.74) is 3.41. The molecule has 0 saturated carbocycles. The smallest absolute Gasteiger partial charge is 0.338 e. The number of fused-ring (bicyclic) bond motifs is 2. The van der Waals surface area contributed by atoms with Crippen molar-refractivity contribution in [1.29, 1.82) is 0 Å². The first-order chi connectivity index (χ1) is 14.6. The number of aromatic nitrogens is 2. The predicted octanol–water partition coefficient (Wildman–Crippen LogP) is 1.91. The van der Waals surface area contributed by atoms with Gasteiger partial charge < -0.3 is 14.4 Å². The number of hydrogen-bond acceptors (Lipinski definition) is 7. The van der Waals surface area contributed by atoms with E-state index in [1.54, 1.807) is 24.4 Å². The van der Waals surface area contributed by atoms with Crippen LogP contribution in [0.15, 0.2) is 54.9 Å². The zero-order chi connectivity index (χ0) is 21.1. The second-order valence-corrected chi connectivity index (χ2v) is 6.87. The summed E-state index contributed by atoms with van der Waals surface area (Å²) >= 11 is 0. The van der Waals surface area contributed by atoms with Gasteiger partial charge in [0.2, 0.25) is 0 Å². The summed E-state index contributed by atoms with van der Waals surface area (Å²) in [6.45, 7) is -0.231. The lowest BCUT2D eigenvalue weighted by Gasteiger charge is -2.35. The van der Waals surface area contributed by atoms with Gasteiger partial charge in [-0.05, 0) is 29.3 Å². The highest BCUT2D eigenvalue weighted by Crippen LogP contribution is 2.24. The van der Waals surface area contributed by atoms with Crippen LogP contribution in [0.4, 0.5) is 0 Å². The molecule has 2 heterocycles. The molecule has 4 rings (SSSR count). The van der Waals surface area contributed by atoms with Gasteiger partial charge in [0.1, 0.15) is 6.04 Å². The molecule has 0 unspecified atom stereocenters. The van der Waals surface area contributed by atoms with E-state index in [1.165, 1.54) is 18.2 Å². The monoisotopic (exact) mass is 405 g/mol. The van der Waals surface area contributed by atoms with Crippen LogP contribution in [-0.4, -0.2) is 52.5 Å². The van der Waals surface area contributed by atoms with Crippen molar-refractivity contribution in [3.8, 4) is 0 Å². The van der Waals surface area contributed by atoms with Crippen molar-refractivity contribution in [3.05, 3.63) is 71.5 Å². The van der Waals surface area contributed by atoms with Crippen molar-refractivity contribution in [1.82, 2.24) is 14.9 Å². The van der Waals surface area contributed by atoms with E-state index < -0.39 is 30.5 Å². The molecule has 30 heavy (non-hydrogen) atoms. The fourth-order valence-corrected chi connectivity index (χ4v) is 3.52.